The molecule has 0 unspecified atom stereocenters. The molecule has 0 fully saturated rings. The molecule has 0 atom stereocenters. The first-order valence-corrected chi connectivity index (χ1v) is 5.21. The maximum absolute atomic E-state index is 12.5. The van der Waals surface area contributed by atoms with Crippen molar-refractivity contribution in [2.45, 2.75) is 13.1 Å². The lowest BCUT2D eigenvalue weighted by Crippen LogP contribution is -2.07. The van der Waals surface area contributed by atoms with Gasteiger partial charge in [-0.1, -0.05) is 17.2 Å². The first-order valence-electron chi connectivity index (χ1n) is 5.21. The summed E-state index contributed by atoms with van der Waals surface area (Å²) in [5, 5.41) is 6.89. The molecule has 5 nitrogen and oxygen atoms in total. The lowest BCUT2D eigenvalue weighted by Gasteiger charge is -2.04. The smallest absolute Gasteiger partial charge is 0.238 e. The zero-order valence-corrected chi connectivity index (χ0v) is 9.76. The van der Waals surface area contributed by atoms with Crippen molar-refractivity contribution in [3.05, 3.63) is 52.2 Å². The maximum Gasteiger partial charge on any atom is 0.435 e. The van der Waals surface area contributed by atoms with Crippen molar-refractivity contribution in [3.63, 3.8) is 0 Å². The summed E-state index contributed by atoms with van der Waals surface area (Å²) in [7, 11) is 0. The third-order valence-corrected chi connectivity index (χ3v) is 2.43. The van der Waals surface area contributed by atoms with E-state index in [2.05, 4.69) is 15.1 Å². The third kappa shape index (κ3) is 2.69. The number of benzene rings is 1. The van der Waals surface area contributed by atoms with Crippen molar-refractivity contribution in [1.29, 1.82) is 0 Å². The Morgan fingerprint density at radius 2 is 1.89 bits per heavy atom. The van der Waals surface area contributed by atoms with Crippen LogP contribution in [0.15, 0.2) is 35.4 Å². The normalized spacial score (nSPS) is 11.2. The summed E-state index contributed by atoms with van der Waals surface area (Å²) in [6, 6.07) is 7.04. The fourth-order valence-electron chi connectivity index (χ4n) is 1.59. The fraction of sp³-hybridized carbons (Fsp3) is 0.182. The Morgan fingerprint density at radius 1 is 1.26 bits per heavy atom. The van der Waals surface area contributed by atoms with Gasteiger partial charge in [0.05, 0.1) is 5.69 Å². The molecular weight excluding hydrogens is 259 g/mol. The minimum absolute atomic E-state index is 0.365. The minimum Gasteiger partial charge on any atom is -0.238 e. The summed E-state index contributed by atoms with van der Waals surface area (Å²) in [4.78, 5) is 2.62. The molecule has 0 spiro atoms. The second-order valence-corrected chi connectivity index (χ2v) is 3.79. The van der Waals surface area contributed by atoms with Crippen LogP contribution in [0.3, 0.4) is 0 Å². The van der Waals surface area contributed by atoms with E-state index in [4.69, 9.17) is 5.53 Å². The van der Waals surface area contributed by atoms with Crippen LogP contribution in [-0.4, -0.2) is 9.78 Å². The SMILES string of the molecule is Cc1cc(C(F)(F)F)nn1-c1ccc(N=[N+]=[N-])cc1. The van der Waals surface area contributed by atoms with Crippen molar-refractivity contribution in [2.24, 2.45) is 5.11 Å². The highest BCUT2D eigenvalue weighted by molar-refractivity contribution is 5.44. The molecule has 0 amide bonds. The van der Waals surface area contributed by atoms with Gasteiger partial charge in [-0.3, -0.25) is 0 Å². The van der Waals surface area contributed by atoms with Gasteiger partial charge in [-0.05, 0) is 30.7 Å². The fourth-order valence-corrected chi connectivity index (χ4v) is 1.59. The molecule has 0 radical (unpaired) electrons. The topological polar surface area (TPSA) is 66.6 Å². The molecule has 0 bridgehead atoms. The van der Waals surface area contributed by atoms with E-state index in [0.717, 1.165) is 6.07 Å². The molecule has 0 saturated heterocycles. The number of hydrogen-bond donors (Lipinski definition) is 0. The highest BCUT2D eigenvalue weighted by Gasteiger charge is 2.34. The van der Waals surface area contributed by atoms with E-state index < -0.39 is 11.9 Å². The highest BCUT2D eigenvalue weighted by Crippen LogP contribution is 2.29. The molecule has 0 aliphatic carbocycles. The molecule has 0 saturated carbocycles. The first kappa shape index (κ1) is 13.0. The Hall–Kier alpha value is -2.47. The zero-order chi connectivity index (χ0) is 14.0. The molecular formula is C11H8F3N5. The first-order chi connectivity index (χ1) is 8.91. The number of nitrogens with zero attached hydrogens (tertiary/aromatic N) is 5. The summed E-state index contributed by atoms with van der Waals surface area (Å²) < 4.78 is 38.8. The Morgan fingerprint density at radius 3 is 2.37 bits per heavy atom. The highest BCUT2D eigenvalue weighted by atomic mass is 19.4. The molecule has 8 heteroatoms. The lowest BCUT2D eigenvalue weighted by atomic mass is 10.3. The summed E-state index contributed by atoms with van der Waals surface area (Å²) in [5.74, 6) is 0. The van der Waals surface area contributed by atoms with Gasteiger partial charge in [-0.25, -0.2) is 4.68 Å². The van der Waals surface area contributed by atoms with E-state index in [1.807, 2.05) is 0 Å². The molecule has 2 rings (SSSR count). The molecule has 2 aromatic rings. The van der Waals surface area contributed by atoms with Gasteiger partial charge in [-0.2, -0.15) is 18.3 Å². The van der Waals surface area contributed by atoms with Crippen molar-refractivity contribution >= 4 is 5.69 Å². The number of hydrogen-bond acceptors (Lipinski definition) is 2. The Labute approximate surface area is 105 Å². The number of aromatic nitrogens is 2. The average Bonchev–Trinajstić information content (AvgIpc) is 2.73. The number of alkyl halides is 3. The molecule has 0 aliphatic heterocycles. The van der Waals surface area contributed by atoms with Gasteiger partial charge in [0.1, 0.15) is 0 Å². The van der Waals surface area contributed by atoms with Crippen LogP contribution in [0.5, 0.6) is 0 Å². The minimum atomic E-state index is -4.47. The average molecular weight is 267 g/mol. The van der Waals surface area contributed by atoms with Crippen molar-refractivity contribution in [1.82, 2.24) is 9.78 Å². The quantitative estimate of drug-likeness (QED) is 0.458. The van der Waals surface area contributed by atoms with Gasteiger partial charge in [0.25, 0.3) is 0 Å². The van der Waals surface area contributed by atoms with Gasteiger partial charge in [0.2, 0.25) is 0 Å². The summed E-state index contributed by atoms with van der Waals surface area (Å²) in [5.41, 5.74) is 8.53. The summed E-state index contributed by atoms with van der Waals surface area (Å²) >= 11 is 0. The van der Waals surface area contributed by atoms with Crippen LogP contribution in [0.4, 0.5) is 18.9 Å². The van der Waals surface area contributed by atoms with Crippen molar-refractivity contribution < 1.29 is 13.2 Å². The Balaban J connectivity index is 2.42. The van der Waals surface area contributed by atoms with Crippen LogP contribution in [0, 0.1) is 6.92 Å². The maximum atomic E-state index is 12.5. The molecule has 1 heterocycles. The molecule has 1 aromatic heterocycles. The monoisotopic (exact) mass is 267 g/mol. The summed E-state index contributed by atoms with van der Waals surface area (Å²) in [6.45, 7) is 1.53. The number of rotatable bonds is 2. The van der Waals surface area contributed by atoms with Crippen LogP contribution in [-0.2, 0) is 6.18 Å². The molecule has 98 valence electrons. The predicted molar refractivity (Wildman–Crippen MR) is 62.1 cm³/mol. The van der Waals surface area contributed by atoms with Crippen LogP contribution in [0.1, 0.15) is 11.4 Å². The second kappa shape index (κ2) is 4.66. The largest absolute Gasteiger partial charge is 0.435 e. The van der Waals surface area contributed by atoms with Crippen molar-refractivity contribution in [3.8, 4) is 5.69 Å². The number of azide groups is 1. The van der Waals surface area contributed by atoms with E-state index in [-0.39, 0.29) is 0 Å². The van der Waals surface area contributed by atoms with Gasteiger partial charge < -0.3 is 0 Å². The van der Waals surface area contributed by atoms with E-state index in [1.165, 1.54) is 35.9 Å². The van der Waals surface area contributed by atoms with Gasteiger partial charge in [0, 0.05) is 16.3 Å². The van der Waals surface area contributed by atoms with Gasteiger partial charge in [-0.15, -0.1) is 0 Å². The van der Waals surface area contributed by atoms with E-state index in [1.54, 1.807) is 0 Å². The molecule has 19 heavy (non-hydrogen) atoms. The molecule has 0 aliphatic rings. The van der Waals surface area contributed by atoms with Crippen LogP contribution in [0.25, 0.3) is 16.1 Å². The number of halogens is 3. The van der Waals surface area contributed by atoms with E-state index in [9.17, 15) is 13.2 Å². The Kier molecular flexibility index (Phi) is 3.18. The zero-order valence-electron chi connectivity index (χ0n) is 9.76. The summed E-state index contributed by atoms with van der Waals surface area (Å²) in [6.07, 6.45) is -4.47. The van der Waals surface area contributed by atoms with Crippen LogP contribution in [0.2, 0.25) is 0 Å². The standard InChI is InChI=1S/C11H8F3N5/c1-7-6-10(11(12,13)14)17-19(7)9-4-2-8(3-5-9)16-18-15/h2-6H,1H3. The Bertz CT molecular complexity index is 635. The molecule has 1 aromatic carbocycles. The molecule has 0 N–H and O–H groups in total. The van der Waals surface area contributed by atoms with Crippen molar-refractivity contribution in [2.75, 3.05) is 0 Å². The number of aryl methyl sites for hydroxylation is 1. The van der Waals surface area contributed by atoms with E-state index in [0.29, 0.717) is 17.1 Å². The van der Waals surface area contributed by atoms with Crippen LogP contribution >= 0.6 is 0 Å². The second-order valence-electron chi connectivity index (χ2n) is 3.79. The van der Waals surface area contributed by atoms with E-state index >= 15 is 0 Å². The lowest BCUT2D eigenvalue weighted by molar-refractivity contribution is -0.141. The van der Waals surface area contributed by atoms with Gasteiger partial charge in [0.15, 0.2) is 5.69 Å². The van der Waals surface area contributed by atoms with Gasteiger partial charge >= 0.3 is 6.18 Å². The third-order valence-electron chi connectivity index (χ3n) is 2.43. The predicted octanol–water partition coefficient (Wildman–Crippen LogP) is 4.14. The van der Waals surface area contributed by atoms with Crippen LogP contribution < -0.4 is 0 Å².